The lowest BCUT2D eigenvalue weighted by molar-refractivity contribution is -0.0588. The van der Waals surface area contributed by atoms with Gasteiger partial charge in [0.2, 0.25) is 0 Å². The molecule has 2 heterocycles. The van der Waals surface area contributed by atoms with Crippen LogP contribution in [0, 0.1) is 0 Å². The quantitative estimate of drug-likeness (QED) is 0.722. The summed E-state index contributed by atoms with van der Waals surface area (Å²) in [4.78, 5) is 56.1. The second-order valence-electron chi connectivity index (χ2n) is 5.43. The molecular formula is C18H10N2O5. The van der Waals surface area contributed by atoms with Gasteiger partial charge in [-0.25, -0.2) is 4.79 Å². The van der Waals surface area contributed by atoms with Gasteiger partial charge in [-0.05, 0) is 29.7 Å². The van der Waals surface area contributed by atoms with Gasteiger partial charge in [-0.1, -0.05) is 35.4 Å². The molecule has 1 aromatic heterocycles. The standard InChI is InChI=1S/C18H10N2O5/c21-15-11-6-2-1-5-10(11)9-14(19-15)18(24)25-20-16(22)12-7-3-4-8-13(12)17(20)23/h1-9H,(H,19,21). The molecule has 122 valence electrons. The van der Waals surface area contributed by atoms with E-state index < -0.39 is 23.3 Å². The summed E-state index contributed by atoms with van der Waals surface area (Å²) in [5.74, 6) is -2.45. The molecule has 25 heavy (non-hydrogen) atoms. The number of hydrogen-bond acceptors (Lipinski definition) is 5. The number of pyridine rings is 1. The SMILES string of the molecule is O=C(ON1C(=O)c2ccccc2C1=O)c1cc2ccccc2c(=O)[nH]1. The van der Waals surface area contributed by atoms with Gasteiger partial charge < -0.3 is 9.82 Å². The Kier molecular flexibility index (Phi) is 3.21. The van der Waals surface area contributed by atoms with E-state index in [1.807, 2.05) is 0 Å². The van der Waals surface area contributed by atoms with Crippen LogP contribution >= 0.6 is 0 Å². The Labute approximate surface area is 140 Å². The fraction of sp³-hybridized carbons (Fsp3) is 0. The van der Waals surface area contributed by atoms with Crippen LogP contribution in [0.4, 0.5) is 0 Å². The van der Waals surface area contributed by atoms with E-state index in [1.54, 1.807) is 36.4 Å². The minimum Gasteiger partial charge on any atom is -0.323 e. The van der Waals surface area contributed by atoms with Crippen molar-refractivity contribution >= 4 is 28.6 Å². The molecule has 7 nitrogen and oxygen atoms in total. The number of H-pyrrole nitrogens is 1. The third-order valence-electron chi connectivity index (χ3n) is 3.90. The Bertz CT molecular complexity index is 1080. The molecule has 0 saturated carbocycles. The Morgan fingerprint density at radius 1 is 0.880 bits per heavy atom. The van der Waals surface area contributed by atoms with E-state index in [-0.39, 0.29) is 16.8 Å². The molecule has 0 saturated heterocycles. The van der Waals surface area contributed by atoms with Crippen LogP contribution in [0.25, 0.3) is 10.8 Å². The van der Waals surface area contributed by atoms with E-state index >= 15 is 0 Å². The predicted molar refractivity (Wildman–Crippen MR) is 86.9 cm³/mol. The van der Waals surface area contributed by atoms with Crippen molar-refractivity contribution in [2.75, 3.05) is 0 Å². The number of hydrogen-bond donors (Lipinski definition) is 1. The Morgan fingerprint density at radius 3 is 2.16 bits per heavy atom. The monoisotopic (exact) mass is 334 g/mol. The predicted octanol–water partition coefficient (Wildman–Crippen LogP) is 1.90. The molecular weight excluding hydrogens is 324 g/mol. The van der Waals surface area contributed by atoms with Crippen LogP contribution in [0.3, 0.4) is 0 Å². The fourth-order valence-corrected chi connectivity index (χ4v) is 2.70. The van der Waals surface area contributed by atoms with Gasteiger partial charge in [0.15, 0.2) is 0 Å². The normalized spacial score (nSPS) is 13.2. The molecule has 0 radical (unpaired) electrons. The molecule has 0 bridgehead atoms. The molecule has 4 rings (SSSR count). The van der Waals surface area contributed by atoms with Crippen LogP contribution in [0.1, 0.15) is 31.2 Å². The highest BCUT2D eigenvalue weighted by atomic mass is 16.7. The highest BCUT2D eigenvalue weighted by molar-refractivity contribution is 6.21. The largest absolute Gasteiger partial charge is 0.380 e. The average Bonchev–Trinajstić information content (AvgIpc) is 2.87. The van der Waals surface area contributed by atoms with E-state index in [1.165, 1.54) is 18.2 Å². The van der Waals surface area contributed by atoms with Crippen molar-refractivity contribution in [3.63, 3.8) is 0 Å². The van der Waals surface area contributed by atoms with Gasteiger partial charge in [-0.3, -0.25) is 14.4 Å². The Hall–Kier alpha value is -3.74. The summed E-state index contributed by atoms with van der Waals surface area (Å²) in [6.07, 6.45) is 0. The summed E-state index contributed by atoms with van der Waals surface area (Å²) < 4.78 is 0. The third-order valence-corrected chi connectivity index (χ3v) is 3.90. The van der Waals surface area contributed by atoms with Gasteiger partial charge in [-0.2, -0.15) is 0 Å². The molecule has 2 amide bonds. The fourth-order valence-electron chi connectivity index (χ4n) is 2.70. The maximum absolute atomic E-state index is 12.3. The van der Waals surface area contributed by atoms with E-state index in [9.17, 15) is 19.2 Å². The first-order chi connectivity index (χ1) is 12.1. The third kappa shape index (κ3) is 2.29. The lowest BCUT2D eigenvalue weighted by Gasteiger charge is -2.12. The van der Waals surface area contributed by atoms with E-state index in [2.05, 4.69) is 4.98 Å². The van der Waals surface area contributed by atoms with Gasteiger partial charge in [0, 0.05) is 5.39 Å². The topological polar surface area (TPSA) is 96.5 Å². The molecule has 1 aliphatic heterocycles. The van der Waals surface area contributed by atoms with Gasteiger partial charge in [0.05, 0.1) is 11.1 Å². The average molecular weight is 334 g/mol. The summed E-state index contributed by atoms with van der Waals surface area (Å²) >= 11 is 0. The number of aromatic nitrogens is 1. The first-order valence-corrected chi connectivity index (χ1v) is 7.38. The number of rotatable bonds is 2. The van der Waals surface area contributed by atoms with Crippen molar-refractivity contribution < 1.29 is 19.2 Å². The molecule has 2 aromatic carbocycles. The van der Waals surface area contributed by atoms with Gasteiger partial charge >= 0.3 is 5.97 Å². The van der Waals surface area contributed by atoms with Crippen molar-refractivity contribution in [3.05, 3.63) is 81.8 Å². The minimum atomic E-state index is -1.00. The highest BCUT2D eigenvalue weighted by Gasteiger charge is 2.38. The number of fused-ring (bicyclic) bond motifs is 2. The number of carbonyl (C=O) groups is 3. The van der Waals surface area contributed by atoms with E-state index in [0.717, 1.165) is 0 Å². The molecule has 7 heteroatoms. The molecule has 0 atom stereocenters. The molecule has 0 fully saturated rings. The molecule has 0 spiro atoms. The Balaban J connectivity index is 1.67. The summed E-state index contributed by atoms with van der Waals surface area (Å²) in [7, 11) is 0. The molecule has 1 aliphatic rings. The van der Waals surface area contributed by atoms with Gasteiger partial charge in [0.25, 0.3) is 17.4 Å². The molecule has 1 N–H and O–H groups in total. The lowest BCUT2D eigenvalue weighted by atomic mass is 10.1. The summed E-state index contributed by atoms with van der Waals surface area (Å²) in [5, 5.41) is 1.36. The zero-order valence-electron chi connectivity index (χ0n) is 12.7. The number of benzene rings is 2. The zero-order valence-corrected chi connectivity index (χ0v) is 12.7. The number of nitrogens with zero attached hydrogens (tertiary/aromatic N) is 1. The van der Waals surface area contributed by atoms with E-state index in [4.69, 9.17) is 4.84 Å². The van der Waals surface area contributed by atoms with Crippen molar-refractivity contribution in [2.45, 2.75) is 0 Å². The zero-order chi connectivity index (χ0) is 17.6. The summed E-state index contributed by atoms with van der Waals surface area (Å²) in [6, 6.07) is 14.3. The maximum atomic E-state index is 12.3. The second kappa shape index (κ2) is 5.41. The summed E-state index contributed by atoms with van der Waals surface area (Å²) in [5.41, 5.74) is -0.299. The number of hydroxylamine groups is 2. The van der Waals surface area contributed by atoms with Crippen molar-refractivity contribution in [1.82, 2.24) is 10.0 Å². The van der Waals surface area contributed by atoms with Gasteiger partial charge in [-0.15, -0.1) is 0 Å². The molecule has 0 aliphatic carbocycles. The minimum absolute atomic E-state index is 0.153. The van der Waals surface area contributed by atoms with Crippen molar-refractivity contribution in [3.8, 4) is 0 Å². The van der Waals surface area contributed by atoms with Crippen LogP contribution in [-0.2, 0) is 4.84 Å². The van der Waals surface area contributed by atoms with Crippen LogP contribution in [0.15, 0.2) is 59.4 Å². The number of aromatic amines is 1. The molecule has 3 aromatic rings. The van der Waals surface area contributed by atoms with Gasteiger partial charge in [0.1, 0.15) is 5.69 Å². The van der Waals surface area contributed by atoms with Crippen LogP contribution in [0.2, 0.25) is 0 Å². The number of amides is 2. The number of nitrogens with one attached hydrogen (secondary N) is 1. The summed E-state index contributed by atoms with van der Waals surface area (Å²) in [6.45, 7) is 0. The first-order valence-electron chi connectivity index (χ1n) is 7.38. The van der Waals surface area contributed by atoms with E-state index in [0.29, 0.717) is 15.8 Å². The van der Waals surface area contributed by atoms with Crippen molar-refractivity contribution in [2.24, 2.45) is 0 Å². The van der Waals surface area contributed by atoms with Crippen LogP contribution < -0.4 is 5.56 Å². The Morgan fingerprint density at radius 2 is 1.48 bits per heavy atom. The number of carbonyl (C=O) groups excluding carboxylic acids is 3. The first kappa shape index (κ1) is 14.8. The number of imide groups is 1. The molecule has 0 unspecified atom stereocenters. The van der Waals surface area contributed by atoms with Crippen LogP contribution in [0.5, 0.6) is 0 Å². The second-order valence-corrected chi connectivity index (χ2v) is 5.43. The lowest BCUT2D eigenvalue weighted by Crippen LogP contribution is -2.33. The van der Waals surface area contributed by atoms with Crippen molar-refractivity contribution in [1.29, 1.82) is 0 Å². The maximum Gasteiger partial charge on any atom is 0.380 e. The smallest absolute Gasteiger partial charge is 0.323 e. The highest BCUT2D eigenvalue weighted by Crippen LogP contribution is 2.23. The van der Waals surface area contributed by atoms with Crippen LogP contribution in [-0.4, -0.2) is 27.8 Å².